The van der Waals surface area contributed by atoms with Crippen LogP contribution in [-0.2, 0) is 13.0 Å². The van der Waals surface area contributed by atoms with Crippen molar-refractivity contribution >= 4 is 0 Å². The van der Waals surface area contributed by atoms with Crippen molar-refractivity contribution in [2.24, 2.45) is 0 Å². The van der Waals surface area contributed by atoms with Gasteiger partial charge in [-0.05, 0) is 44.1 Å². The van der Waals surface area contributed by atoms with E-state index in [0.29, 0.717) is 6.04 Å². The van der Waals surface area contributed by atoms with Crippen LogP contribution in [-0.4, -0.2) is 57.6 Å². The molecule has 0 radical (unpaired) electrons. The summed E-state index contributed by atoms with van der Waals surface area (Å²) < 4.78 is 5.29. The van der Waals surface area contributed by atoms with Crippen LogP contribution in [0.4, 0.5) is 0 Å². The lowest BCUT2D eigenvalue weighted by Gasteiger charge is -2.23. The Morgan fingerprint density at radius 2 is 2.12 bits per heavy atom. The van der Waals surface area contributed by atoms with E-state index in [4.69, 9.17) is 4.52 Å². The lowest BCUT2D eigenvalue weighted by Crippen LogP contribution is -2.34. The molecular formula is C18H27N5O. The van der Waals surface area contributed by atoms with E-state index in [0.717, 1.165) is 44.3 Å². The largest absolute Gasteiger partial charge is 0.339 e. The summed E-state index contributed by atoms with van der Waals surface area (Å²) in [6.07, 6.45) is 6.02. The number of aromatic nitrogens is 3. The van der Waals surface area contributed by atoms with Crippen molar-refractivity contribution in [2.75, 3.05) is 26.7 Å². The maximum atomic E-state index is 5.29. The first-order valence-electron chi connectivity index (χ1n) is 8.76. The average Bonchev–Trinajstić information content (AvgIpc) is 3.23. The molecular weight excluding hydrogens is 302 g/mol. The molecule has 3 rings (SSSR count). The van der Waals surface area contributed by atoms with Crippen LogP contribution in [0.15, 0.2) is 29.0 Å². The van der Waals surface area contributed by atoms with E-state index in [1.165, 1.54) is 12.0 Å². The molecule has 1 aliphatic rings. The first-order valence-corrected chi connectivity index (χ1v) is 8.76. The van der Waals surface area contributed by atoms with E-state index in [9.17, 15) is 0 Å². The Morgan fingerprint density at radius 1 is 1.33 bits per heavy atom. The second-order valence-corrected chi connectivity index (χ2v) is 6.97. The van der Waals surface area contributed by atoms with E-state index in [-0.39, 0.29) is 5.92 Å². The van der Waals surface area contributed by atoms with E-state index in [1.807, 2.05) is 12.4 Å². The van der Waals surface area contributed by atoms with Gasteiger partial charge in [-0.15, -0.1) is 0 Å². The van der Waals surface area contributed by atoms with E-state index >= 15 is 0 Å². The molecule has 0 spiro atoms. The van der Waals surface area contributed by atoms with Crippen molar-refractivity contribution in [2.45, 2.75) is 45.2 Å². The molecule has 6 heteroatoms. The van der Waals surface area contributed by atoms with Crippen molar-refractivity contribution in [1.29, 1.82) is 0 Å². The van der Waals surface area contributed by atoms with Gasteiger partial charge in [0.2, 0.25) is 5.89 Å². The Kier molecular flexibility index (Phi) is 5.58. The van der Waals surface area contributed by atoms with Crippen LogP contribution in [0, 0.1) is 0 Å². The highest BCUT2D eigenvalue weighted by Gasteiger charge is 2.26. The molecule has 3 heterocycles. The minimum absolute atomic E-state index is 0.284. The van der Waals surface area contributed by atoms with Crippen molar-refractivity contribution in [3.05, 3.63) is 41.8 Å². The Morgan fingerprint density at radius 3 is 2.83 bits per heavy atom. The summed E-state index contributed by atoms with van der Waals surface area (Å²) in [6.45, 7) is 8.25. The van der Waals surface area contributed by atoms with Gasteiger partial charge in [0, 0.05) is 37.4 Å². The molecule has 0 N–H and O–H groups in total. The molecule has 0 saturated carbocycles. The van der Waals surface area contributed by atoms with Gasteiger partial charge >= 0.3 is 0 Å². The van der Waals surface area contributed by atoms with Crippen LogP contribution in [0.2, 0.25) is 0 Å². The molecule has 0 aliphatic carbocycles. The summed E-state index contributed by atoms with van der Waals surface area (Å²) in [5.74, 6) is 1.80. The van der Waals surface area contributed by atoms with Crippen LogP contribution in [0.3, 0.4) is 0 Å². The van der Waals surface area contributed by atoms with Crippen molar-refractivity contribution in [3.63, 3.8) is 0 Å². The highest BCUT2D eigenvalue weighted by Crippen LogP contribution is 2.17. The van der Waals surface area contributed by atoms with Gasteiger partial charge in [-0.1, -0.05) is 19.0 Å². The molecule has 0 amide bonds. The van der Waals surface area contributed by atoms with Gasteiger partial charge in [0.05, 0.1) is 6.54 Å². The van der Waals surface area contributed by atoms with Gasteiger partial charge in [-0.3, -0.25) is 9.88 Å². The van der Waals surface area contributed by atoms with Crippen LogP contribution in [0.1, 0.15) is 43.5 Å². The summed E-state index contributed by atoms with van der Waals surface area (Å²) in [4.78, 5) is 13.4. The summed E-state index contributed by atoms with van der Waals surface area (Å²) in [6, 6.07) is 4.76. The third kappa shape index (κ3) is 4.39. The summed E-state index contributed by atoms with van der Waals surface area (Å²) >= 11 is 0. The van der Waals surface area contributed by atoms with Gasteiger partial charge in [-0.2, -0.15) is 4.98 Å². The molecule has 0 bridgehead atoms. The number of likely N-dealkylation sites (tertiary alicyclic amines) is 1. The predicted molar refractivity (Wildman–Crippen MR) is 92.6 cm³/mol. The van der Waals surface area contributed by atoms with Gasteiger partial charge in [-0.25, -0.2) is 0 Å². The Balaban J connectivity index is 1.45. The van der Waals surface area contributed by atoms with Crippen LogP contribution in [0.25, 0.3) is 0 Å². The molecule has 1 aliphatic heterocycles. The zero-order valence-electron chi connectivity index (χ0n) is 14.9. The van der Waals surface area contributed by atoms with Gasteiger partial charge in [0.1, 0.15) is 0 Å². The van der Waals surface area contributed by atoms with E-state index in [2.05, 4.69) is 58.0 Å². The number of nitrogens with zero attached hydrogens (tertiary/aromatic N) is 5. The molecule has 2 aromatic heterocycles. The fourth-order valence-corrected chi connectivity index (χ4v) is 3.13. The fraction of sp³-hybridized carbons (Fsp3) is 0.611. The molecule has 0 aromatic carbocycles. The maximum absolute atomic E-state index is 5.29. The standard InChI is InChI=1S/C18H27N5O/c1-14(2)18-20-17(21-24-18)13-22(3)16-7-11-23(12-16)10-6-15-4-8-19-9-5-15/h4-5,8-9,14,16H,6-7,10-13H2,1-3H3/t16-/m1/s1. The summed E-state index contributed by atoms with van der Waals surface area (Å²) in [5, 5.41) is 4.10. The smallest absolute Gasteiger partial charge is 0.229 e. The first kappa shape index (κ1) is 17.0. The van der Waals surface area contributed by atoms with Crippen LogP contribution >= 0.6 is 0 Å². The zero-order valence-corrected chi connectivity index (χ0v) is 14.9. The second-order valence-electron chi connectivity index (χ2n) is 6.97. The third-order valence-electron chi connectivity index (χ3n) is 4.71. The Hall–Kier alpha value is -1.79. The molecule has 2 aromatic rings. The van der Waals surface area contributed by atoms with Crippen LogP contribution in [0.5, 0.6) is 0 Å². The lowest BCUT2D eigenvalue weighted by atomic mass is 10.2. The number of likely N-dealkylation sites (N-methyl/N-ethyl adjacent to an activating group) is 1. The SMILES string of the molecule is CC(C)c1nc(CN(C)[C@@H]2CCN(CCc3ccncc3)C2)no1. The monoisotopic (exact) mass is 329 g/mol. The molecule has 6 nitrogen and oxygen atoms in total. The molecule has 1 atom stereocenters. The van der Waals surface area contributed by atoms with Gasteiger partial charge in [0.15, 0.2) is 5.82 Å². The zero-order chi connectivity index (χ0) is 16.9. The van der Waals surface area contributed by atoms with Crippen molar-refractivity contribution in [1.82, 2.24) is 24.9 Å². The van der Waals surface area contributed by atoms with Crippen molar-refractivity contribution < 1.29 is 4.52 Å². The average molecular weight is 329 g/mol. The highest BCUT2D eigenvalue weighted by atomic mass is 16.5. The van der Waals surface area contributed by atoms with Gasteiger partial charge in [0.25, 0.3) is 0 Å². The molecule has 0 unspecified atom stereocenters. The Labute approximate surface area is 143 Å². The summed E-state index contributed by atoms with van der Waals surface area (Å²) in [7, 11) is 2.16. The van der Waals surface area contributed by atoms with E-state index in [1.54, 1.807) is 0 Å². The lowest BCUT2D eigenvalue weighted by molar-refractivity contribution is 0.218. The number of hydrogen-bond donors (Lipinski definition) is 0. The molecule has 1 saturated heterocycles. The Bertz CT molecular complexity index is 627. The quantitative estimate of drug-likeness (QED) is 0.777. The minimum atomic E-state index is 0.284. The molecule has 130 valence electrons. The minimum Gasteiger partial charge on any atom is -0.339 e. The normalized spacial score (nSPS) is 18.8. The molecule has 1 fully saturated rings. The topological polar surface area (TPSA) is 58.3 Å². The number of hydrogen-bond acceptors (Lipinski definition) is 6. The highest BCUT2D eigenvalue weighted by molar-refractivity contribution is 5.10. The second kappa shape index (κ2) is 7.85. The number of pyridine rings is 1. The van der Waals surface area contributed by atoms with Gasteiger partial charge < -0.3 is 9.42 Å². The first-order chi connectivity index (χ1) is 11.6. The van der Waals surface area contributed by atoms with Crippen molar-refractivity contribution in [3.8, 4) is 0 Å². The predicted octanol–water partition coefficient (Wildman–Crippen LogP) is 2.34. The van der Waals surface area contributed by atoms with Crippen LogP contribution < -0.4 is 0 Å². The fourth-order valence-electron chi connectivity index (χ4n) is 3.13. The third-order valence-corrected chi connectivity index (χ3v) is 4.71. The van der Waals surface area contributed by atoms with E-state index < -0.39 is 0 Å². The summed E-state index contributed by atoms with van der Waals surface area (Å²) in [5.41, 5.74) is 1.36. The molecule has 24 heavy (non-hydrogen) atoms. The maximum Gasteiger partial charge on any atom is 0.229 e. The number of rotatable bonds is 7.